The zero-order chi connectivity index (χ0) is 11.8. The van der Waals surface area contributed by atoms with E-state index in [1.807, 2.05) is 6.08 Å². The van der Waals surface area contributed by atoms with Crippen molar-refractivity contribution >= 4 is 11.9 Å². The fourth-order valence-corrected chi connectivity index (χ4v) is 1.56. The summed E-state index contributed by atoms with van der Waals surface area (Å²) in [4.78, 5) is 21.4. The summed E-state index contributed by atoms with van der Waals surface area (Å²) in [5.74, 6) is -1.10. The Labute approximate surface area is 94.6 Å². The van der Waals surface area contributed by atoms with E-state index in [1.165, 1.54) is 6.42 Å². The molecule has 4 nitrogen and oxygen atoms in total. The summed E-state index contributed by atoms with van der Waals surface area (Å²) >= 11 is 0. The first-order chi connectivity index (χ1) is 7.68. The van der Waals surface area contributed by atoms with Gasteiger partial charge in [0.25, 0.3) is 0 Å². The van der Waals surface area contributed by atoms with E-state index in [0.29, 0.717) is 5.76 Å². The number of rotatable bonds is 3. The minimum Gasteiger partial charge on any atom is -0.478 e. The highest BCUT2D eigenvalue weighted by atomic mass is 16.5. The Balaban J connectivity index is 2.44. The predicted octanol–water partition coefficient (Wildman–Crippen LogP) is 2.41. The van der Waals surface area contributed by atoms with Gasteiger partial charge in [-0.1, -0.05) is 12.8 Å². The van der Waals surface area contributed by atoms with Gasteiger partial charge in [0.15, 0.2) is 0 Å². The Bertz CT molecular complexity index is 315. The van der Waals surface area contributed by atoms with Gasteiger partial charge in [0.05, 0.1) is 0 Å². The number of carbonyl (C=O) groups is 2. The highest BCUT2D eigenvalue weighted by Gasteiger charge is 2.06. The van der Waals surface area contributed by atoms with Crippen LogP contribution in [0.15, 0.2) is 24.0 Å². The third kappa shape index (κ3) is 5.34. The Morgan fingerprint density at radius 3 is 2.69 bits per heavy atom. The van der Waals surface area contributed by atoms with Crippen LogP contribution in [0.3, 0.4) is 0 Å². The van der Waals surface area contributed by atoms with Crippen molar-refractivity contribution in [3.63, 3.8) is 0 Å². The number of carbonyl (C=O) groups excluding carboxylic acids is 1. The molecule has 0 spiro atoms. The molecule has 1 aliphatic carbocycles. The summed E-state index contributed by atoms with van der Waals surface area (Å²) < 4.78 is 5.05. The highest BCUT2D eigenvalue weighted by Crippen LogP contribution is 2.17. The van der Waals surface area contributed by atoms with Crippen LogP contribution in [0.25, 0.3) is 0 Å². The van der Waals surface area contributed by atoms with Gasteiger partial charge in [-0.15, -0.1) is 0 Å². The van der Waals surface area contributed by atoms with Gasteiger partial charge in [-0.05, 0) is 25.3 Å². The maximum absolute atomic E-state index is 11.2. The van der Waals surface area contributed by atoms with E-state index in [0.717, 1.165) is 44.3 Å². The zero-order valence-corrected chi connectivity index (χ0v) is 9.15. The van der Waals surface area contributed by atoms with E-state index in [9.17, 15) is 9.59 Å². The molecule has 0 unspecified atom stereocenters. The minimum absolute atomic E-state index is 0.616. The molecule has 4 heteroatoms. The minimum atomic E-state index is -1.15. The molecule has 0 amide bonds. The predicted molar refractivity (Wildman–Crippen MR) is 58.7 cm³/mol. The van der Waals surface area contributed by atoms with Crippen LogP contribution in [0, 0.1) is 0 Å². The van der Waals surface area contributed by atoms with Crippen molar-refractivity contribution < 1.29 is 19.4 Å². The van der Waals surface area contributed by atoms with Crippen LogP contribution in [0.1, 0.15) is 38.5 Å². The van der Waals surface area contributed by atoms with Crippen LogP contribution in [-0.4, -0.2) is 17.0 Å². The molecule has 0 aromatic carbocycles. The second-order valence-corrected chi connectivity index (χ2v) is 3.72. The molecular weight excluding hydrogens is 208 g/mol. The summed E-state index contributed by atoms with van der Waals surface area (Å²) in [6.07, 6.45) is 9.82. The smallest absolute Gasteiger partial charge is 0.336 e. The molecular formula is C12H16O4. The van der Waals surface area contributed by atoms with Gasteiger partial charge in [0.1, 0.15) is 5.76 Å². The summed E-state index contributed by atoms with van der Waals surface area (Å²) in [6.45, 7) is 0. The molecule has 1 aliphatic rings. The van der Waals surface area contributed by atoms with Crippen LogP contribution in [0.2, 0.25) is 0 Å². The van der Waals surface area contributed by atoms with Crippen LogP contribution in [0.4, 0.5) is 0 Å². The first-order valence-electron chi connectivity index (χ1n) is 5.50. The largest absolute Gasteiger partial charge is 0.478 e. The molecule has 0 atom stereocenters. The maximum atomic E-state index is 11.2. The van der Waals surface area contributed by atoms with Crippen molar-refractivity contribution in [3.8, 4) is 0 Å². The number of carboxylic acid groups (broad SMARTS) is 1. The molecule has 0 heterocycles. The summed E-state index contributed by atoms with van der Waals surface area (Å²) in [5.41, 5.74) is 0. The number of carboxylic acids is 1. The lowest BCUT2D eigenvalue weighted by molar-refractivity contribution is -0.135. The molecule has 0 aromatic heterocycles. The molecule has 16 heavy (non-hydrogen) atoms. The van der Waals surface area contributed by atoms with E-state index in [-0.39, 0.29) is 0 Å². The van der Waals surface area contributed by atoms with Crippen LogP contribution < -0.4 is 0 Å². The number of allylic oxidation sites excluding steroid dienone is 2. The molecule has 0 saturated heterocycles. The first-order valence-corrected chi connectivity index (χ1v) is 5.50. The average molecular weight is 224 g/mol. The Kier molecular flexibility index (Phi) is 5.32. The molecule has 0 bridgehead atoms. The Morgan fingerprint density at radius 1 is 1.19 bits per heavy atom. The quantitative estimate of drug-likeness (QED) is 0.590. The summed E-state index contributed by atoms with van der Waals surface area (Å²) in [6, 6.07) is 0. The molecule has 0 aromatic rings. The summed E-state index contributed by atoms with van der Waals surface area (Å²) in [5, 5.41) is 8.34. The molecule has 0 radical (unpaired) electrons. The maximum Gasteiger partial charge on any atom is 0.336 e. The number of ether oxygens (including phenoxy) is 1. The van der Waals surface area contributed by atoms with E-state index < -0.39 is 11.9 Å². The molecule has 1 N–H and O–H groups in total. The van der Waals surface area contributed by atoms with Gasteiger partial charge in [0, 0.05) is 18.6 Å². The van der Waals surface area contributed by atoms with Crippen LogP contribution in [-0.2, 0) is 14.3 Å². The molecule has 88 valence electrons. The van der Waals surface area contributed by atoms with Gasteiger partial charge in [-0.2, -0.15) is 0 Å². The normalized spacial score (nSPS) is 20.6. The molecule has 0 saturated carbocycles. The summed E-state index contributed by atoms with van der Waals surface area (Å²) in [7, 11) is 0. The van der Waals surface area contributed by atoms with Gasteiger partial charge in [-0.3, -0.25) is 0 Å². The van der Waals surface area contributed by atoms with Crippen LogP contribution in [0.5, 0.6) is 0 Å². The van der Waals surface area contributed by atoms with Crippen molar-refractivity contribution in [1.29, 1.82) is 0 Å². The monoisotopic (exact) mass is 224 g/mol. The number of aliphatic carboxylic acids is 1. The SMILES string of the molecule is O=C(O)/C=C\C(=O)O/C1=C/CCCCCC1. The fourth-order valence-electron chi connectivity index (χ4n) is 1.56. The number of hydrogen-bond acceptors (Lipinski definition) is 3. The van der Waals surface area contributed by atoms with Crippen molar-refractivity contribution in [2.75, 3.05) is 0 Å². The molecule has 1 rings (SSSR count). The third-order valence-electron chi connectivity index (χ3n) is 2.34. The topological polar surface area (TPSA) is 63.6 Å². The Morgan fingerprint density at radius 2 is 1.94 bits per heavy atom. The van der Waals surface area contributed by atoms with Gasteiger partial charge in [-0.25, -0.2) is 9.59 Å². The zero-order valence-electron chi connectivity index (χ0n) is 9.15. The van der Waals surface area contributed by atoms with Crippen molar-refractivity contribution in [1.82, 2.24) is 0 Å². The lowest BCUT2D eigenvalue weighted by Gasteiger charge is -2.10. The fraction of sp³-hybridized carbons (Fsp3) is 0.500. The lowest BCUT2D eigenvalue weighted by Crippen LogP contribution is -2.03. The van der Waals surface area contributed by atoms with Gasteiger partial charge >= 0.3 is 11.9 Å². The second-order valence-electron chi connectivity index (χ2n) is 3.72. The van der Waals surface area contributed by atoms with E-state index in [4.69, 9.17) is 9.84 Å². The first kappa shape index (κ1) is 12.5. The number of esters is 1. The Hall–Kier alpha value is -1.58. The van der Waals surface area contributed by atoms with E-state index >= 15 is 0 Å². The van der Waals surface area contributed by atoms with Crippen LogP contribution >= 0.6 is 0 Å². The molecule has 0 aliphatic heterocycles. The number of hydrogen-bond donors (Lipinski definition) is 1. The third-order valence-corrected chi connectivity index (χ3v) is 2.34. The average Bonchev–Trinajstić information content (AvgIpc) is 2.19. The van der Waals surface area contributed by atoms with Crippen molar-refractivity contribution in [2.45, 2.75) is 38.5 Å². The molecule has 0 fully saturated rings. The standard InChI is InChI=1S/C12H16O4/c13-11(14)8-9-12(15)16-10-6-4-2-1-3-5-7-10/h6,8-9H,1-5,7H2,(H,13,14)/b9-8-,10-6+. The van der Waals surface area contributed by atoms with E-state index in [1.54, 1.807) is 0 Å². The van der Waals surface area contributed by atoms with Gasteiger partial charge < -0.3 is 9.84 Å². The van der Waals surface area contributed by atoms with Crippen molar-refractivity contribution in [3.05, 3.63) is 24.0 Å². The highest BCUT2D eigenvalue weighted by molar-refractivity contribution is 5.91. The van der Waals surface area contributed by atoms with Gasteiger partial charge in [0.2, 0.25) is 0 Å². The van der Waals surface area contributed by atoms with Crippen molar-refractivity contribution in [2.24, 2.45) is 0 Å². The second kappa shape index (κ2) is 6.82. The van der Waals surface area contributed by atoms with E-state index in [2.05, 4.69) is 0 Å². The lowest BCUT2D eigenvalue weighted by atomic mass is 10.1.